The Hall–Kier alpha value is -4.01. The van der Waals surface area contributed by atoms with Crippen LogP contribution in [0.2, 0.25) is 5.02 Å². The van der Waals surface area contributed by atoms with Crippen LogP contribution in [0.15, 0.2) is 88.0 Å². The van der Waals surface area contributed by atoms with Crippen LogP contribution in [0.25, 0.3) is 6.08 Å². The maximum absolute atomic E-state index is 12.9. The van der Waals surface area contributed by atoms with E-state index in [4.69, 9.17) is 25.8 Å². The van der Waals surface area contributed by atoms with E-state index in [1.165, 1.54) is 0 Å². The monoisotopic (exact) mass is 577 g/mol. The average molecular weight is 578 g/mol. The standard InChI is InChI=1S/C31H28ClNO6S/c1-4-37-25-16-20(13-14-24(25)39-18-21-10-8-11-22(32)15-21)17-26-28(34)27(31(36)38-5-2)30(40-26)33-29(35)23-12-7-6-9-19(23)3/h6-17,34H,4-5,18H2,1-3H3/b26-17-,33-30?. The van der Waals surface area contributed by atoms with Crippen molar-refractivity contribution in [1.29, 1.82) is 0 Å². The first-order valence-corrected chi connectivity index (χ1v) is 13.8. The first-order chi connectivity index (χ1) is 19.3. The number of rotatable bonds is 9. The second-order valence-electron chi connectivity index (χ2n) is 8.65. The van der Waals surface area contributed by atoms with Gasteiger partial charge < -0.3 is 19.3 Å². The number of nitrogens with zero attached hydrogens (tertiary/aromatic N) is 1. The van der Waals surface area contributed by atoms with Crippen LogP contribution < -0.4 is 9.47 Å². The molecule has 7 nitrogen and oxygen atoms in total. The number of halogens is 1. The number of aliphatic hydroxyl groups is 1. The van der Waals surface area contributed by atoms with E-state index in [0.29, 0.717) is 45.8 Å². The summed E-state index contributed by atoms with van der Waals surface area (Å²) < 4.78 is 16.9. The first-order valence-electron chi connectivity index (χ1n) is 12.6. The summed E-state index contributed by atoms with van der Waals surface area (Å²) in [6, 6.07) is 19.8. The van der Waals surface area contributed by atoms with Crippen LogP contribution in [0, 0.1) is 6.92 Å². The van der Waals surface area contributed by atoms with Crippen molar-refractivity contribution in [3.63, 3.8) is 0 Å². The van der Waals surface area contributed by atoms with Gasteiger partial charge in [0, 0.05) is 10.6 Å². The maximum Gasteiger partial charge on any atom is 0.344 e. The van der Waals surface area contributed by atoms with Gasteiger partial charge in [0.25, 0.3) is 5.91 Å². The molecule has 3 aromatic carbocycles. The number of carbonyl (C=O) groups excluding carboxylic acids is 2. The highest BCUT2D eigenvalue weighted by molar-refractivity contribution is 8.18. The van der Waals surface area contributed by atoms with Crippen LogP contribution in [0.5, 0.6) is 11.5 Å². The predicted octanol–water partition coefficient (Wildman–Crippen LogP) is 7.33. The van der Waals surface area contributed by atoms with Gasteiger partial charge in [0.05, 0.1) is 18.1 Å². The second kappa shape index (κ2) is 13.4. The Morgan fingerprint density at radius 3 is 2.50 bits per heavy atom. The van der Waals surface area contributed by atoms with Gasteiger partial charge >= 0.3 is 5.97 Å². The quantitative estimate of drug-likeness (QED) is 0.266. The van der Waals surface area contributed by atoms with Crippen LogP contribution in [0.4, 0.5) is 0 Å². The Morgan fingerprint density at radius 2 is 1.77 bits per heavy atom. The van der Waals surface area contributed by atoms with E-state index >= 15 is 0 Å². The number of ether oxygens (including phenoxy) is 3. The number of esters is 1. The Kier molecular flexibility index (Phi) is 9.69. The molecular weight excluding hydrogens is 550 g/mol. The van der Waals surface area contributed by atoms with Crippen molar-refractivity contribution in [2.24, 2.45) is 4.99 Å². The zero-order valence-electron chi connectivity index (χ0n) is 22.3. The largest absolute Gasteiger partial charge is 0.506 e. The van der Waals surface area contributed by atoms with Gasteiger partial charge in [-0.1, -0.05) is 59.8 Å². The van der Waals surface area contributed by atoms with Crippen LogP contribution in [0.3, 0.4) is 0 Å². The molecule has 3 aromatic rings. The van der Waals surface area contributed by atoms with Gasteiger partial charge in [-0.15, -0.1) is 0 Å². The lowest BCUT2D eigenvalue weighted by Crippen LogP contribution is -2.14. The molecule has 0 saturated heterocycles. The number of carbonyl (C=O) groups is 2. The highest BCUT2D eigenvalue weighted by Crippen LogP contribution is 2.40. The highest BCUT2D eigenvalue weighted by atomic mass is 35.5. The zero-order chi connectivity index (χ0) is 28.6. The maximum atomic E-state index is 12.9. The minimum Gasteiger partial charge on any atom is -0.506 e. The van der Waals surface area contributed by atoms with Crippen LogP contribution >= 0.6 is 23.4 Å². The number of aliphatic imine (C=N–C) groups is 1. The number of hydrogen-bond acceptors (Lipinski definition) is 7. The highest BCUT2D eigenvalue weighted by Gasteiger charge is 2.34. The summed E-state index contributed by atoms with van der Waals surface area (Å²) in [6.07, 6.45) is 1.68. The molecule has 1 N–H and O–H groups in total. The predicted molar refractivity (Wildman–Crippen MR) is 158 cm³/mol. The van der Waals surface area contributed by atoms with Gasteiger partial charge in [-0.2, -0.15) is 0 Å². The van der Waals surface area contributed by atoms with E-state index < -0.39 is 11.9 Å². The van der Waals surface area contributed by atoms with E-state index in [0.717, 1.165) is 22.9 Å². The molecule has 0 aliphatic carbocycles. The number of hydrogen-bond donors (Lipinski definition) is 1. The zero-order valence-corrected chi connectivity index (χ0v) is 23.8. The molecule has 0 aromatic heterocycles. The third-order valence-corrected chi connectivity index (χ3v) is 7.05. The lowest BCUT2D eigenvalue weighted by atomic mass is 10.1. The lowest BCUT2D eigenvalue weighted by molar-refractivity contribution is -0.138. The van der Waals surface area contributed by atoms with Crippen molar-refractivity contribution < 1.29 is 28.9 Å². The molecule has 1 amide bonds. The molecule has 0 fully saturated rings. The molecule has 0 spiro atoms. The van der Waals surface area contributed by atoms with Crippen molar-refractivity contribution in [3.8, 4) is 11.5 Å². The molecule has 0 bridgehead atoms. The van der Waals surface area contributed by atoms with E-state index in [-0.39, 0.29) is 23.0 Å². The van der Waals surface area contributed by atoms with Gasteiger partial charge in [-0.25, -0.2) is 9.79 Å². The third-order valence-electron chi connectivity index (χ3n) is 5.80. The second-order valence-corrected chi connectivity index (χ2v) is 10.1. The topological polar surface area (TPSA) is 94.4 Å². The van der Waals surface area contributed by atoms with E-state index in [9.17, 15) is 14.7 Å². The Bertz CT molecular complexity index is 1530. The first kappa shape index (κ1) is 29.0. The molecule has 4 rings (SSSR count). The summed E-state index contributed by atoms with van der Waals surface area (Å²) in [7, 11) is 0. The number of aliphatic hydroxyl groups excluding tert-OH is 1. The molecule has 206 valence electrons. The van der Waals surface area contributed by atoms with Crippen molar-refractivity contribution in [3.05, 3.63) is 110 Å². The van der Waals surface area contributed by atoms with E-state index in [1.807, 2.05) is 31.2 Å². The number of aryl methyl sites for hydroxylation is 1. The fourth-order valence-electron chi connectivity index (χ4n) is 3.90. The van der Waals surface area contributed by atoms with Gasteiger partial charge in [0.1, 0.15) is 23.0 Å². The Morgan fingerprint density at radius 1 is 0.975 bits per heavy atom. The summed E-state index contributed by atoms with van der Waals surface area (Å²) in [5, 5.41) is 11.7. The van der Waals surface area contributed by atoms with Crippen molar-refractivity contribution in [1.82, 2.24) is 0 Å². The number of thioether (sulfide) groups is 1. The smallest absolute Gasteiger partial charge is 0.344 e. The number of amides is 1. The Balaban J connectivity index is 1.64. The normalized spacial score (nSPS) is 15.0. The molecule has 40 heavy (non-hydrogen) atoms. The molecule has 0 atom stereocenters. The minimum absolute atomic E-state index is 0.0713. The molecule has 0 radical (unpaired) electrons. The number of benzene rings is 3. The van der Waals surface area contributed by atoms with E-state index in [2.05, 4.69) is 4.99 Å². The fraction of sp³-hybridized carbons (Fsp3) is 0.194. The summed E-state index contributed by atoms with van der Waals surface area (Å²) in [4.78, 5) is 30.2. The molecule has 0 saturated carbocycles. The van der Waals surface area contributed by atoms with Crippen molar-refractivity contribution >= 4 is 46.4 Å². The van der Waals surface area contributed by atoms with Gasteiger partial charge in [0.2, 0.25) is 0 Å². The fourth-order valence-corrected chi connectivity index (χ4v) is 5.12. The van der Waals surface area contributed by atoms with Crippen molar-refractivity contribution in [2.75, 3.05) is 13.2 Å². The molecule has 9 heteroatoms. The lowest BCUT2D eigenvalue weighted by Gasteiger charge is -2.13. The van der Waals surface area contributed by atoms with Crippen molar-refractivity contribution in [2.45, 2.75) is 27.4 Å². The van der Waals surface area contributed by atoms with Gasteiger partial charge in [0.15, 0.2) is 11.5 Å². The van der Waals surface area contributed by atoms with Crippen LogP contribution in [-0.4, -0.2) is 35.2 Å². The Labute approximate surface area is 242 Å². The average Bonchev–Trinajstić information content (AvgIpc) is 3.22. The summed E-state index contributed by atoms with van der Waals surface area (Å²) in [5.74, 6) is -0.525. The summed E-state index contributed by atoms with van der Waals surface area (Å²) in [5.41, 5.74) is 2.61. The molecule has 1 heterocycles. The van der Waals surface area contributed by atoms with Crippen LogP contribution in [0.1, 0.15) is 40.9 Å². The molecule has 1 aliphatic rings. The third kappa shape index (κ3) is 6.94. The van der Waals surface area contributed by atoms with Crippen LogP contribution in [-0.2, 0) is 16.1 Å². The summed E-state index contributed by atoms with van der Waals surface area (Å²) >= 11 is 7.09. The molecular formula is C31H28ClNO6S. The van der Waals surface area contributed by atoms with E-state index in [1.54, 1.807) is 62.4 Å². The van der Waals surface area contributed by atoms with Gasteiger partial charge in [-0.05, 0) is 73.9 Å². The minimum atomic E-state index is -0.757. The summed E-state index contributed by atoms with van der Waals surface area (Å²) in [6.45, 7) is 6.16. The molecule has 1 aliphatic heterocycles. The molecule has 0 unspecified atom stereocenters. The van der Waals surface area contributed by atoms with Gasteiger partial charge in [-0.3, -0.25) is 4.79 Å². The SMILES string of the molecule is CCOC(=O)C1=C(O)/C(=C/c2ccc(OCc3cccc(Cl)c3)c(OCC)c2)SC1=NC(=O)c1ccccc1C.